The van der Waals surface area contributed by atoms with E-state index in [-0.39, 0.29) is 18.1 Å². The van der Waals surface area contributed by atoms with Crippen LogP contribution in [0.4, 0.5) is 10.6 Å². The Morgan fingerprint density at radius 2 is 1.86 bits per heavy atom. The topological polar surface area (TPSA) is 124 Å². The summed E-state index contributed by atoms with van der Waals surface area (Å²) in [6, 6.07) is 9.94. The molecule has 192 valence electrons. The highest BCUT2D eigenvalue weighted by molar-refractivity contribution is 5.91. The van der Waals surface area contributed by atoms with Gasteiger partial charge in [0.15, 0.2) is 5.69 Å². The van der Waals surface area contributed by atoms with E-state index in [1.807, 2.05) is 39.1 Å². The fraction of sp³-hybridized carbons (Fsp3) is 0.333. The molecule has 10 nitrogen and oxygen atoms in total. The molecule has 4 rings (SSSR count). The van der Waals surface area contributed by atoms with Crippen molar-refractivity contribution in [1.82, 2.24) is 30.3 Å². The molecule has 0 saturated heterocycles. The molecule has 0 aliphatic carbocycles. The highest BCUT2D eigenvalue weighted by Gasteiger charge is 2.18. The molecule has 0 aliphatic heterocycles. The van der Waals surface area contributed by atoms with Crippen LogP contribution in [0.25, 0.3) is 10.9 Å². The number of rotatable bonds is 6. The van der Waals surface area contributed by atoms with Gasteiger partial charge in [-0.2, -0.15) is 0 Å². The first-order chi connectivity index (χ1) is 17.5. The van der Waals surface area contributed by atoms with Gasteiger partial charge in [0.25, 0.3) is 5.91 Å². The van der Waals surface area contributed by atoms with Crippen LogP contribution in [0.5, 0.6) is 0 Å². The minimum Gasteiger partial charge on any atom is -0.444 e. The number of anilines is 1. The highest BCUT2D eigenvalue weighted by Crippen LogP contribution is 2.18. The maximum atomic E-state index is 12.7. The summed E-state index contributed by atoms with van der Waals surface area (Å²) in [5, 5.41) is 14.7. The number of aryl methyl sites for hydroxylation is 3. The second-order valence-corrected chi connectivity index (χ2v) is 10.0. The molecule has 0 radical (unpaired) electrons. The van der Waals surface area contributed by atoms with Crippen molar-refractivity contribution in [2.24, 2.45) is 0 Å². The van der Waals surface area contributed by atoms with E-state index in [0.29, 0.717) is 18.1 Å². The van der Waals surface area contributed by atoms with Crippen LogP contribution in [-0.2, 0) is 17.8 Å². The molecular formula is C27H31N7O3. The second kappa shape index (κ2) is 10.3. The third kappa shape index (κ3) is 6.66. The van der Waals surface area contributed by atoms with Crippen LogP contribution in [-0.4, -0.2) is 42.6 Å². The number of nitrogens with one attached hydrogen (secondary N) is 2. The van der Waals surface area contributed by atoms with Crippen LogP contribution >= 0.6 is 0 Å². The zero-order valence-electron chi connectivity index (χ0n) is 21.9. The van der Waals surface area contributed by atoms with Gasteiger partial charge < -0.3 is 10.1 Å². The van der Waals surface area contributed by atoms with Crippen molar-refractivity contribution in [2.75, 3.05) is 5.32 Å². The first kappa shape index (κ1) is 25.7. The predicted molar refractivity (Wildman–Crippen MR) is 140 cm³/mol. The van der Waals surface area contributed by atoms with Gasteiger partial charge in [0.2, 0.25) is 0 Å². The van der Waals surface area contributed by atoms with Gasteiger partial charge in [-0.15, -0.1) is 5.10 Å². The van der Waals surface area contributed by atoms with Crippen LogP contribution < -0.4 is 10.6 Å². The molecule has 1 aromatic carbocycles. The van der Waals surface area contributed by atoms with Crippen molar-refractivity contribution in [3.05, 3.63) is 76.4 Å². The molecular weight excluding hydrogens is 470 g/mol. The lowest BCUT2D eigenvalue weighted by Gasteiger charge is -2.20. The summed E-state index contributed by atoms with van der Waals surface area (Å²) in [7, 11) is 0. The Kier molecular flexibility index (Phi) is 7.19. The van der Waals surface area contributed by atoms with Crippen molar-refractivity contribution in [3.8, 4) is 0 Å². The normalized spacial score (nSPS) is 11.4. The molecule has 2 N–H and O–H groups in total. The summed E-state index contributed by atoms with van der Waals surface area (Å²) in [5.74, 6) is 0.0497. The molecule has 0 aliphatic rings. The van der Waals surface area contributed by atoms with Crippen molar-refractivity contribution >= 4 is 28.7 Å². The van der Waals surface area contributed by atoms with Crippen LogP contribution in [0.1, 0.15) is 59.2 Å². The Bertz CT molecular complexity index is 1450. The summed E-state index contributed by atoms with van der Waals surface area (Å²) in [4.78, 5) is 33.7. The van der Waals surface area contributed by atoms with E-state index in [1.165, 1.54) is 0 Å². The van der Waals surface area contributed by atoms with Gasteiger partial charge in [0.05, 0.1) is 18.3 Å². The zero-order valence-corrected chi connectivity index (χ0v) is 21.9. The van der Waals surface area contributed by atoms with E-state index in [2.05, 4.69) is 43.0 Å². The van der Waals surface area contributed by atoms with E-state index in [0.717, 1.165) is 33.2 Å². The third-order valence-electron chi connectivity index (χ3n) is 5.62. The molecule has 4 aromatic rings. The summed E-state index contributed by atoms with van der Waals surface area (Å²) in [6.07, 6.45) is 2.85. The van der Waals surface area contributed by atoms with E-state index in [1.54, 1.807) is 37.7 Å². The molecule has 10 heteroatoms. The number of ether oxygens (including phenoxy) is 1. The first-order valence-corrected chi connectivity index (χ1v) is 12.0. The smallest absolute Gasteiger partial charge is 0.413 e. The lowest BCUT2D eigenvalue weighted by Crippen LogP contribution is -2.28. The molecule has 0 bridgehead atoms. The Labute approximate surface area is 215 Å². The van der Waals surface area contributed by atoms with Crippen molar-refractivity contribution in [2.45, 2.75) is 60.2 Å². The van der Waals surface area contributed by atoms with Crippen LogP contribution in [0.15, 0.2) is 42.7 Å². The largest absolute Gasteiger partial charge is 0.444 e. The quantitative estimate of drug-likeness (QED) is 0.399. The average Bonchev–Trinajstić information content (AvgIpc) is 3.25. The summed E-state index contributed by atoms with van der Waals surface area (Å²) < 4.78 is 6.89. The fourth-order valence-corrected chi connectivity index (χ4v) is 3.89. The standard InChI is InChI=1S/C27H31N7O3/c1-16-7-8-20-11-19(12-28-22(20)9-16)14-34-15-23(32-33-34)25(35)29-13-21-17(2)10-24(30-18(21)3)31-26(36)37-27(4,5)6/h7-12,15H,13-14H2,1-6H3,(H,29,35)(H,30,31,36). The van der Waals surface area contributed by atoms with E-state index in [4.69, 9.17) is 4.74 Å². The van der Waals surface area contributed by atoms with E-state index in [9.17, 15) is 9.59 Å². The number of hydrogen-bond donors (Lipinski definition) is 2. The summed E-state index contributed by atoms with van der Waals surface area (Å²) >= 11 is 0. The van der Waals surface area contributed by atoms with Gasteiger partial charge in [0.1, 0.15) is 11.4 Å². The van der Waals surface area contributed by atoms with Gasteiger partial charge in [-0.1, -0.05) is 17.3 Å². The maximum Gasteiger partial charge on any atom is 0.413 e. The van der Waals surface area contributed by atoms with Gasteiger partial charge >= 0.3 is 6.09 Å². The van der Waals surface area contributed by atoms with E-state index >= 15 is 0 Å². The van der Waals surface area contributed by atoms with Gasteiger partial charge in [0, 0.05) is 23.8 Å². The first-order valence-electron chi connectivity index (χ1n) is 12.0. The molecule has 2 amide bonds. The predicted octanol–water partition coefficient (Wildman–Crippen LogP) is 4.47. The molecule has 3 heterocycles. The number of carbonyl (C=O) groups excluding carboxylic acids is 2. The Morgan fingerprint density at radius 1 is 1.08 bits per heavy atom. The van der Waals surface area contributed by atoms with Crippen molar-refractivity contribution in [1.29, 1.82) is 0 Å². The maximum absolute atomic E-state index is 12.7. The monoisotopic (exact) mass is 501 g/mol. The Hall–Kier alpha value is -4.34. The van der Waals surface area contributed by atoms with Crippen LogP contribution in [0.2, 0.25) is 0 Å². The number of carbonyl (C=O) groups is 2. The number of aromatic nitrogens is 5. The molecule has 0 fully saturated rings. The van der Waals surface area contributed by atoms with Crippen LogP contribution in [0, 0.1) is 20.8 Å². The Balaban J connectivity index is 1.37. The molecule has 0 atom stereocenters. The molecule has 0 saturated carbocycles. The van der Waals surface area contributed by atoms with E-state index < -0.39 is 11.7 Å². The third-order valence-corrected chi connectivity index (χ3v) is 5.62. The average molecular weight is 502 g/mol. The Morgan fingerprint density at radius 3 is 2.59 bits per heavy atom. The van der Waals surface area contributed by atoms with Crippen LogP contribution in [0.3, 0.4) is 0 Å². The number of benzene rings is 1. The number of pyridine rings is 2. The lowest BCUT2D eigenvalue weighted by atomic mass is 10.1. The molecule has 0 unspecified atom stereocenters. The molecule has 3 aromatic heterocycles. The van der Waals surface area contributed by atoms with Crippen molar-refractivity contribution in [3.63, 3.8) is 0 Å². The summed E-state index contributed by atoms with van der Waals surface area (Å²) in [6.45, 7) is 11.8. The van der Waals surface area contributed by atoms with Crippen molar-refractivity contribution < 1.29 is 14.3 Å². The minimum absolute atomic E-state index is 0.218. The zero-order chi connectivity index (χ0) is 26.7. The summed E-state index contributed by atoms with van der Waals surface area (Å²) in [5.41, 5.74) is 5.10. The van der Waals surface area contributed by atoms with Gasteiger partial charge in [-0.05, 0) is 82.0 Å². The number of amides is 2. The molecule has 37 heavy (non-hydrogen) atoms. The number of nitrogens with zero attached hydrogens (tertiary/aromatic N) is 5. The second-order valence-electron chi connectivity index (χ2n) is 10.0. The lowest BCUT2D eigenvalue weighted by molar-refractivity contribution is 0.0635. The fourth-order valence-electron chi connectivity index (χ4n) is 3.89. The number of hydrogen-bond acceptors (Lipinski definition) is 7. The highest BCUT2D eigenvalue weighted by atomic mass is 16.6. The SMILES string of the molecule is Cc1ccc2cc(Cn3cc(C(=O)NCc4c(C)cc(NC(=O)OC(C)(C)C)nc4C)nn3)cnc2c1. The molecule has 0 spiro atoms. The van der Waals surface area contributed by atoms with Gasteiger partial charge in [-0.25, -0.2) is 14.5 Å². The number of fused-ring (bicyclic) bond motifs is 1. The van der Waals surface area contributed by atoms with Gasteiger partial charge in [-0.3, -0.25) is 15.1 Å². The minimum atomic E-state index is -0.605.